The largest absolute Gasteiger partial charge is 0.368 e. The van der Waals surface area contributed by atoms with Crippen LogP contribution in [0.15, 0.2) is 30.6 Å². The number of H-pyrrole nitrogens is 1. The fourth-order valence-corrected chi connectivity index (χ4v) is 4.70. The number of aliphatic hydroxyl groups is 1. The average Bonchev–Trinajstić information content (AvgIpc) is 3.31. The van der Waals surface area contributed by atoms with Crippen LogP contribution in [0.3, 0.4) is 0 Å². The number of halogens is 2. The minimum absolute atomic E-state index is 0.318. The molecule has 0 amide bonds. The Morgan fingerprint density at radius 2 is 2.00 bits per heavy atom. The van der Waals surface area contributed by atoms with Crippen LogP contribution in [-0.4, -0.2) is 24.9 Å². The second-order valence-corrected chi connectivity index (χ2v) is 7.30. The number of aryl methyl sites for hydroxylation is 1. The molecule has 2 aromatic carbocycles. The van der Waals surface area contributed by atoms with Crippen LogP contribution in [-0.2, 0) is 7.05 Å². The Bertz CT molecular complexity index is 1310. The second kappa shape index (κ2) is 4.96. The third-order valence-electron chi connectivity index (χ3n) is 5.95. The Hall–Kier alpha value is -3.26. The first-order valence-corrected chi connectivity index (χ1v) is 8.92. The lowest BCUT2D eigenvalue weighted by Crippen LogP contribution is -2.32. The quantitative estimate of drug-likeness (QED) is 0.491. The second-order valence-electron chi connectivity index (χ2n) is 7.30. The molecule has 2 aromatic heterocycles. The van der Waals surface area contributed by atoms with Gasteiger partial charge in [0.05, 0.1) is 29.1 Å². The molecule has 0 bridgehead atoms. The molecule has 2 unspecified atom stereocenters. The van der Waals surface area contributed by atoms with Gasteiger partial charge in [0, 0.05) is 35.5 Å². The summed E-state index contributed by atoms with van der Waals surface area (Å²) in [6.07, 6.45) is 0.522. The third kappa shape index (κ3) is 1.69. The van der Waals surface area contributed by atoms with Gasteiger partial charge in [0.2, 0.25) is 0 Å². The highest BCUT2D eigenvalue weighted by molar-refractivity contribution is 6.02. The van der Waals surface area contributed by atoms with Crippen LogP contribution in [0.5, 0.6) is 0 Å². The van der Waals surface area contributed by atoms with Gasteiger partial charge in [-0.2, -0.15) is 5.10 Å². The van der Waals surface area contributed by atoms with Gasteiger partial charge in [-0.3, -0.25) is 4.68 Å². The molecule has 4 heterocycles. The lowest BCUT2D eigenvalue weighted by atomic mass is 9.85. The van der Waals surface area contributed by atoms with Crippen LogP contribution in [0.4, 0.5) is 14.5 Å². The zero-order valence-corrected chi connectivity index (χ0v) is 15.0. The number of imidazole rings is 1. The molecule has 2 atom stereocenters. The van der Waals surface area contributed by atoms with Gasteiger partial charge in [0.25, 0.3) is 0 Å². The Balaban J connectivity index is 1.78. The first-order chi connectivity index (χ1) is 13.5. The molecule has 0 saturated heterocycles. The number of anilines is 1. The summed E-state index contributed by atoms with van der Waals surface area (Å²) in [5, 5.41) is 15.5. The van der Waals surface area contributed by atoms with Crippen molar-refractivity contribution in [1.29, 1.82) is 0 Å². The SMILES string of the molecule is Cc1c2c(nn1C)C(O)N1c3ccc4[nH]cnc4c3-c3c(F)cc(F)cc3C21. The zero-order chi connectivity index (χ0) is 19.3. The van der Waals surface area contributed by atoms with Crippen molar-refractivity contribution in [3.05, 3.63) is 64.7 Å². The number of aliphatic hydroxyl groups excluding tert-OH is 1. The molecule has 0 fully saturated rings. The van der Waals surface area contributed by atoms with Crippen LogP contribution in [0.25, 0.3) is 22.2 Å². The first-order valence-electron chi connectivity index (χ1n) is 8.92. The van der Waals surface area contributed by atoms with Gasteiger partial charge < -0.3 is 15.0 Å². The maximum Gasteiger partial charge on any atom is 0.173 e. The number of nitrogens with zero attached hydrogens (tertiary/aromatic N) is 4. The van der Waals surface area contributed by atoms with Crippen molar-refractivity contribution < 1.29 is 13.9 Å². The minimum Gasteiger partial charge on any atom is -0.368 e. The Kier molecular flexibility index (Phi) is 2.79. The van der Waals surface area contributed by atoms with E-state index in [-0.39, 0.29) is 0 Å². The minimum atomic E-state index is -1.02. The van der Waals surface area contributed by atoms with E-state index in [1.807, 2.05) is 19.1 Å². The van der Waals surface area contributed by atoms with Crippen molar-refractivity contribution in [3.8, 4) is 11.1 Å². The van der Waals surface area contributed by atoms with E-state index in [9.17, 15) is 9.50 Å². The summed E-state index contributed by atoms with van der Waals surface area (Å²) in [5.74, 6) is -1.30. The molecule has 6 rings (SSSR count). The molecule has 0 aliphatic carbocycles. The zero-order valence-electron chi connectivity index (χ0n) is 15.0. The van der Waals surface area contributed by atoms with E-state index in [0.717, 1.165) is 22.8 Å². The van der Waals surface area contributed by atoms with Gasteiger partial charge in [-0.1, -0.05) is 0 Å². The maximum absolute atomic E-state index is 15.1. The van der Waals surface area contributed by atoms with Gasteiger partial charge >= 0.3 is 0 Å². The summed E-state index contributed by atoms with van der Waals surface area (Å²) >= 11 is 0. The molecule has 140 valence electrons. The standard InChI is InChI=1S/C20H15F2N5O/c1-8-14-18(25-26(8)2)20(28)27-13-4-3-12-17(24-7-23-12)16(13)15-10(19(14)27)5-9(21)6-11(15)22/h3-7,19-20,28H,1-2H3,(H,23,24). The molecule has 0 radical (unpaired) electrons. The lowest BCUT2D eigenvalue weighted by molar-refractivity contribution is 0.172. The molecule has 2 N–H and O–H groups in total. The van der Waals surface area contributed by atoms with Crippen molar-refractivity contribution in [2.45, 2.75) is 19.2 Å². The van der Waals surface area contributed by atoms with Crippen molar-refractivity contribution in [2.75, 3.05) is 4.90 Å². The Morgan fingerprint density at radius 1 is 1.18 bits per heavy atom. The molecule has 4 aromatic rings. The predicted octanol–water partition coefficient (Wildman–Crippen LogP) is 3.46. The van der Waals surface area contributed by atoms with Crippen LogP contribution in [0.1, 0.15) is 34.8 Å². The number of aromatic nitrogens is 4. The smallest absolute Gasteiger partial charge is 0.173 e. The molecule has 0 spiro atoms. The van der Waals surface area contributed by atoms with Gasteiger partial charge in [-0.05, 0) is 30.7 Å². The van der Waals surface area contributed by atoms with Crippen LogP contribution >= 0.6 is 0 Å². The van der Waals surface area contributed by atoms with E-state index in [1.54, 1.807) is 23.0 Å². The Labute approximate surface area is 158 Å². The number of hydrogen-bond donors (Lipinski definition) is 2. The maximum atomic E-state index is 15.1. The molecule has 28 heavy (non-hydrogen) atoms. The van der Waals surface area contributed by atoms with Gasteiger partial charge in [-0.25, -0.2) is 13.8 Å². The van der Waals surface area contributed by atoms with Crippen LogP contribution < -0.4 is 4.90 Å². The summed E-state index contributed by atoms with van der Waals surface area (Å²) in [4.78, 5) is 9.16. The van der Waals surface area contributed by atoms with Gasteiger partial charge in [-0.15, -0.1) is 0 Å². The van der Waals surface area contributed by atoms with Gasteiger partial charge in [0.15, 0.2) is 6.23 Å². The lowest BCUT2D eigenvalue weighted by Gasteiger charge is -2.38. The summed E-state index contributed by atoms with van der Waals surface area (Å²) < 4.78 is 31.0. The predicted molar refractivity (Wildman–Crippen MR) is 98.7 cm³/mol. The third-order valence-corrected chi connectivity index (χ3v) is 5.95. The van der Waals surface area contributed by atoms with Crippen molar-refractivity contribution in [1.82, 2.24) is 19.7 Å². The van der Waals surface area contributed by atoms with E-state index in [4.69, 9.17) is 0 Å². The van der Waals surface area contributed by atoms with Crippen LogP contribution in [0, 0.1) is 18.6 Å². The van der Waals surface area contributed by atoms with Crippen molar-refractivity contribution in [2.24, 2.45) is 7.05 Å². The van der Waals surface area contributed by atoms with Crippen molar-refractivity contribution in [3.63, 3.8) is 0 Å². The summed E-state index contributed by atoms with van der Waals surface area (Å²) in [5.41, 5.74) is 5.45. The van der Waals surface area contributed by atoms with E-state index in [0.29, 0.717) is 33.6 Å². The van der Waals surface area contributed by atoms with E-state index >= 15 is 4.39 Å². The van der Waals surface area contributed by atoms with E-state index < -0.39 is 23.9 Å². The molecule has 2 aliphatic rings. The topological polar surface area (TPSA) is 70.0 Å². The number of rotatable bonds is 0. The normalized spacial score (nSPS) is 19.5. The first kappa shape index (κ1) is 15.8. The number of aromatic amines is 1. The van der Waals surface area contributed by atoms with Gasteiger partial charge in [0.1, 0.15) is 17.3 Å². The molecule has 2 aliphatic heterocycles. The average molecular weight is 379 g/mol. The molecule has 6 nitrogen and oxygen atoms in total. The summed E-state index contributed by atoms with van der Waals surface area (Å²) in [6, 6.07) is 5.40. The number of benzene rings is 2. The molecular weight excluding hydrogens is 364 g/mol. The molecule has 0 saturated carbocycles. The summed E-state index contributed by atoms with van der Waals surface area (Å²) in [7, 11) is 1.79. The Morgan fingerprint density at radius 3 is 2.82 bits per heavy atom. The fraction of sp³-hybridized carbons (Fsp3) is 0.200. The molecule has 8 heteroatoms. The van der Waals surface area contributed by atoms with Crippen LogP contribution in [0.2, 0.25) is 0 Å². The van der Waals surface area contributed by atoms with E-state index in [2.05, 4.69) is 15.1 Å². The highest BCUT2D eigenvalue weighted by Crippen LogP contribution is 2.57. The van der Waals surface area contributed by atoms with Crippen molar-refractivity contribution >= 4 is 16.7 Å². The molecular formula is C20H15F2N5O. The highest BCUT2D eigenvalue weighted by atomic mass is 19.1. The monoisotopic (exact) mass is 379 g/mol. The number of fused-ring (bicyclic) bond motifs is 10. The van der Waals surface area contributed by atoms with E-state index in [1.165, 1.54) is 6.07 Å². The fourth-order valence-electron chi connectivity index (χ4n) is 4.70. The number of hydrogen-bond acceptors (Lipinski definition) is 4. The summed E-state index contributed by atoms with van der Waals surface area (Å²) in [6.45, 7) is 1.89. The number of nitrogens with one attached hydrogen (secondary N) is 1. The highest BCUT2D eigenvalue weighted by Gasteiger charge is 2.48.